The fourth-order valence-electron chi connectivity index (χ4n) is 6.09. The summed E-state index contributed by atoms with van der Waals surface area (Å²) in [5.74, 6) is 1.58. The van der Waals surface area contributed by atoms with Gasteiger partial charge in [0.15, 0.2) is 0 Å². The summed E-state index contributed by atoms with van der Waals surface area (Å²) in [5, 5.41) is 0. The van der Waals surface area contributed by atoms with Gasteiger partial charge in [-0.3, -0.25) is 4.90 Å². The largest absolute Gasteiger partial charge is 0.383 e. The minimum Gasteiger partial charge on any atom is -0.383 e. The molecule has 3 nitrogen and oxygen atoms in total. The van der Waals surface area contributed by atoms with Crippen LogP contribution in [0.4, 0.5) is 4.39 Å². The van der Waals surface area contributed by atoms with Crippen LogP contribution in [0, 0.1) is 11.7 Å². The number of benzene rings is 2. The zero-order valence-electron chi connectivity index (χ0n) is 18.0. The molecule has 30 heavy (non-hydrogen) atoms. The van der Waals surface area contributed by atoms with Crippen LogP contribution in [0.2, 0.25) is 0 Å². The van der Waals surface area contributed by atoms with Gasteiger partial charge in [0.05, 0.1) is 6.61 Å². The molecule has 0 aromatic heterocycles. The number of halogens is 1. The zero-order valence-corrected chi connectivity index (χ0v) is 18.0. The molecule has 1 saturated heterocycles. The molecule has 1 heterocycles. The summed E-state index contributed by atoms with van der Waals surface area (Å²) < 4.78 is 19.4. The van der Waals surface area contributed by atoms with Gasteiger partial charge >= 0.3 is 0 Å². The van der Waals surface area contributed by atoms with Crippen molar-refractivity contribution in [3.63, 3.8) is 0 Å². The van der Waals surface area contributed by atoms with E-state index in [0.29, 0.717) is 17.8 Å². The highest BCUT2D eigenvalue weighted by atomic mass is 19.1. The SMILES string of the molecule is COCCN1CCN(CC2CC3c4ccccc4Cc4ccc(F)cc4C3C2)CC1. The van der Waals surface area contributed by atoms with Crippen LogP contribution in [0.15, 0.2) is 42.5 Å². The Bertz CT molecular complexity index is 877. The van der Waals surface area contributed by atoms with E-state index in [0.717, 1.165) is 45.8 Å². The van der Waals surface area contributed by atoms with Crippen molar-refractivity contribution < 1.29 is 9.13 Å². The molecule has 2 fully saturated rings. The number of piperazine rings is 1. The van der Waals surface area contributed by atoms with Crippen molar-refractivity contribution >= 4 is 0 Å². The maximum atomic E-state index is 14.2. The summed E-state index contributed by atoms with van der Waals surface area (Å²) in [6.07, 6.45) is 3.34. The molecule has 5 rings (SSSR count). The molecule has 3 unspecified atom stereocenters. The first-order chi connectivity index (χ1) is 14.7. The van der Waals surface area contributed by atoms with E-state index in [1.807, 2.05) is 12.1 Å². The molecular formula is C26H33FN2O. The van der Waals surface area contributed by atoms with Gasteiger partial charge in [-0.15, -0.1) is 0 Å². The Hall–Kier alpha value is -1.75. The third kappa shape index (κ3) is 4.05. The zero-order chi connectivity index (χ0) is 20.5. The van der Waals surface area contributed by atoms with E-state index in [-0.39, 0.29) is 5.82 Å². The highest BCUT2D eigenvalue weighted by molar-refractivity contribution is 5.46. The van der Waals surface area contributed by atoms with Crippen molar-refractivity contribution in [2.45, 2.75) is 31.1 Å². The lowest BCUT2D eigenvalue weighted by atomic mass is 9.84. The van der Waals surface area contributed by atoms with Gasteiger partial charge in [-0.05, 0) is 71.4 Å². The normalized spacial score (nSPS) is 26.7. The summed E-state index contributed by atoms with van der Waals surface area (Å²) in [6.45, 7) is 7.62. The van der Waals surface area contributed by atoms with E-state index in [1.165, 1.54) is 41.6 Å². The van der Waals surface area contributed by atoms with Crippen molar-refractivity contribution in [3.05, 3.63) is 70.5 Å². The monoisotopic (exact) mass is 408 g/mol. The summed E-state index contributed by atoms with van der Waals surface area (Å²) >= 11 is 0. The van der Waals surface area contributed by atoms with Gasteiger partial charge in [-0.1, -0.05) is 30.3 Å². The topological polar surface area (TPSA) is 15.7 Å². The van der Waals surface area contributed by atoms with E-state index < -0.39 is 0 Å². The molecule has 0 amide bonds. The highest BCUT2D eigenvalue weighted by Gasteiger charge is 2.40. The second-order valence-corrected chi connectivity index (χ2v) is 9.40. The Labute approximate surface area is 179 Å². The Balaban J connectivity index is 1.32. The van der Waals surface area contributed by atoms with Crippen LogP contribution < -0.4 is 0 Å². The minimum absolute atomic E-state index is 0.0888. The average molecular weight is 409 g/mol. The summed E-state index contributed by atoms with van der Waals surface area (Å²) in [4.78, 5) is 5.16. The predicted molar refractivity (Wildman–Crippen MR) is 119 cm³/mol. The van der Waals surface area contributed by atoms with E-state index in [4.69, 9.17) is 4.74 Å². The van der Waals surface area contributed by atoms with Gasteiger partial charge in [0.2, 0.25) is 0 Å². The Kier molecular flexibility index (Phi) is 5.90. The van der Waals surface area contributed by atoms with Crippen molar-refractivity contribution in [1.82, 2.24) is 9.80 Å². The number of fused-ring (bicyclic) bond motifs is 5. The van der Waals surface area contributed by atoms with Gasteiger partial charge < -0.3 is 9.64 Å². The third-order valence-electron chi connectivity index (χ3n) is 7.60. The summed E-state index contributed by atoms with van der Waals surface area (Å²) in [7, 11) is 1.78. The molecule has 4 heteroatoms. The van der Waals surface area contributed by atoms with Crippen molar-refractivity contribution in [1.29, 1.82) is 0 Å². The average Bonchev–Trinajstić information content (AvgIpc) is 3.13. The predicted octanol–water partition coefficient (Wildman–Crippen LogP) is 4.27. The smallest absolute Gasteiger partial charge is 0.123 e. The molecule has 160 valence electrons. The Morgan fingerprint density at radius 3 is 2.40 bits per heavy atom. The number of methoxy groups -OCH3 is 1. The lowest BCUT2D eigenvalue weighted by Gasteiger charge is -2.35. The number of ether oxygens (including phenoxy) is 1. The van der Waals surface area contributed by atoms with Crippen LogP contribution in [0.3, 0.4) is 0 Å². The van der Waals surface area contributed by atoms with Crippen LogP contribution in [-0.4, -0.2) is 62.8 Å². The quantitative estimate of drug-likeness (QED) is 0.735. The molecule has 3 aliphatic rings. The first kappa shape index (κ1) is 20.2. The van der Waals surface area contributed by atoms with Crippen LogP contribution in [-0.2, 0) is 11.2 Å². The lowest BCUT2D eigenvalue weighted by Crippen LogP contribution is -2.48. The molecule has 1 saturated carbocycles. The summed E-state index contributed by atoms with van der Waals surface area (Å²) in [6, 6.07) is 14.4. The van der Waals surface area contributed by atoms with Crippen molar-refractivity contribution in [2.75, 3.05) is 53.0 Å². The third-order valence-corrected chi connectivity index (χ3v) is 7.60. The second-order valence-electron chi connectivity index (χ2n) is 9.40. The maximum absolute atomic E-state index is 14.2. The van der Waals surface area contributed by atoms with Gasteiger partial charge in [-0.2, -0.15) is 0 Å². The maximum Gasteiger partial charge on any atom is 0.123 e. The fourth-order valence-corrected chi connectivity index (χ4v) is 6.09. The molecule has 0 radical (unpaired) electrons. The van der Waals surface area contributed by atoms with E-state index >= 15 is 0 Å². The number of nitrogens with zero attached hydrogens (tertiary/aromatic N) is 2. The second kappa shape index (κ2) is 8.78. The standard InChI is InChI=1S/C26H33FN2O/c1-30-13-12-28-8-10-29(11-9-28)18-19-14-25-23-5-3-2-4-20(23)16-21-6-7-22(27)17-24(21)26(25)15-19/h2-7,17,19,25-26H,8-16,18H2,1H3. The Morgan fingerprint density at radius 2 is 1.60 bits per heavy atom. The number of rotatable bonds is 5. The van der Waals surface area contributed by atoms with Gasteiger partial charge in [0.25, 0.3) is 0 Å². The van der Waals surface area contributed by atoms with Gasteiger partial charge in [0, 0.05) is 46.4 Å². The van der Waals surface area contributed by atoms with Crippen LogP contribution >= 0.6 is 0 Å². The van der Waals surface area contributed by atoms with Crippen LogP contribution in [0.25, 0.3) is 0 Å². The molecule has 2 aromatic carbocycles. The first-order valence-electron chi connectivity index (χ1n) is 11.5. The van der Waals surface area contributed by atoms with Gasteiger partial charge in [-0.25, -0.2) is 4.39 Å². The minimum atomic E-state index is -0.0888. The molecule has 1 aliphatic heterocycles. The highest BCUT2D eigenvalue weighted by Crippen LogP contribution is 2.52. The Morgan fingerprint density at radius 1 is 0.900 bits per heavy atom. The molecule has 0 spiro atoms. The lowest BCUT2D eigenvalue weighted by molar-refractivity contribution is 0.0892. The van der Waals surface area contributed by atoms with Crippen molar-refractivity contribution in [2.24, 2.45) is 5.92 Å². The fraction of sp³-hybridized carbons (Fsp3) is 0.538. The van der Waals surface area contributed by atoms with Crippen LogP contribution in [0.1, 0.15) is 46.9 Å². The van der Waals surface area contributed by atoms with Crippen LogP contribution in [0.5, 0.6) is 0 Å². The molecule has 0 N–H and O–H groups in total. The first-order valence-corrected chi connectivity index (χ1v) is 11.5. The molecule has 2 aliphatic carbocycles. The van der Waals surface area contributed by atoms with Gasteiger partial charge in [0.1, 0.15) is 5.82 Å². The molecule has 3 atom stereocenters. The molecular weight excluding hydrogens is 375 g/mol. The van der Waals surface area contributed by atoms with E-state index in [2.05, 4.69) is 34.1 Å². The molecule has 0 bridgehead atoms. The number of hydrogen-bond donors (Lipinski definition) is 0. The number of hydrogen-bond acceptors (Lipinski definition) is 3. The molecule has 2 aromatic rings. The van der Waals surface area contributed by atoms with E-state index in [1.54, 1.807) is 13.2 Å². The van der Waals surface area contributed by atoms with E-state index in [9.17, 15) is 4.39 Å². The van der Waals surface area contributed by atoms with Crippen molar-refractivity contribution in [3.8, 4) is 0 Å². The summed E-state index contributed by atoms with van der Waals surface area (Å²) in [5.41, 5.74) is 5.53.